The summed E-state index contributed by atoms with van der Waals surface area (Å²) in [6.45, 7) is 1.65. The zero-order valence-electron chi connectivity index (χ0n) is 10.7. The molecule has 1 aromatic heterocycles. The van der Waals surface area contributed by atoms with Gasteiger partial charge in [0.05, 0.1) is 6.21 Å². The van der Waals surface area contributed by atoms with Crippen molar-refractivity contribution in [3.63, 3.8) is 0 Å². The fourth-order valence-corrected chi connectivity index (χ4v) is 1.66. The van der Waals surface area contributed by atoms with Crippen molar-refractivity contribution in [2.75, 3.05) is 6.61 Å². The van der Waals surface area contributed by atoms with Gasteiger partial charge in [0.15, 0.2) is 6.61 Å². The summed E-state index contributed by atoms with van der Waals surface area (Å²) in [5.74, 6) is 0.727. The Morgan fingerprint density at radius 3 is 2.80 bits per heavy atom. The maximum Gasteiger partial charge on any atom is 0.255 e. The molecule has 0 radical (unpaired) electrons. The van der Waals surface area contributed by atoms with Crippen LogP contribution in [-0.4, -0.2) is 33.6 Å². The first-order valence-electron chi connectivity index (χ1n) is 5.76. The number of nitrogens with zero attached hydrogens (tertiary/aromatic N) is 3. The third-order valence-corrected chi connectivity index (χ3v) is 2.66. The Kier molecular flexibility index (Phi) is 4.26. The first kappa shape index (κ1) is 13.9. The van der Waals surface area contributed by atoms with Gasteiger partial charge in [-0.1, -0.05) is 0 Å². The van der Waals surface area contributed by atoms with Crippen LogP contribution in [0.5, 0.6) is 5.75 Å². The van der Waals surface area contributed by atoms with Crippen LogP contribution in [0.4, 0.5) is 0 Å². The second-order valence-corrected chi connectivity index (χ2v) is 4.34. The monoisotopic (exact) mass is 291 g/mol. The predicted molar refractivity (Wildman–Crippen MR) is 76.3 cm³/mol. The van der Waals surface area contributed by atoms with Crippen LogP contribution >= 0.6 is 12.2 Å². The van der Waals surface area contributed by atoms with Crippen LogP contribution in [0.15, 0.2) is 29.4 Å². The number of aromatic amines is 1. The van der Waals surface area contributed by atoms with Gasteiger partial charge >= 0.3 is 0 Å². The number of primary amides is 1. The summed E-state index contributed by atoms with van der Waals surface area (Å²) in [7, 11) is 0. The molecule has 0 aliphatic heterocycles. The number of hydrogen-bond donors (Lipinski definition) is 2. The predicted octanol–water partition coefficient (Wildman–Crippen LogP) is 0.995. The fraction of sp³-hybridized carbons (Fsp3) is 0.167. The Balaban J connectivity index is 2.07. The van der Waals surface area contributed by atoms with Gasteiger partial charge in [-0.15, -0.1) is 0 Å². The van der Waals surface area contributed by atoms with Crippen molar-refractivity contribution in [2.24, 2.45) is 10.8 Å². The van der Waals surface area contributed by atoms with Crippen LogP contribution in [0.2, 0.25) is 0 Å². The number of hydrogen-bond acceptors (Lipinski definition) is 5. The number of aryl methyl sites for hydroxylation is 1. The van der Waals surface area contributed by atoms with Gasteiger partial charge in [0.25, 0.3) is 5.91 Å². The second-order valence-electron chi connectivity index (χ2n) is 3.96. The summed E-state index contributed by atoms with van der Waals surface area (Å²) in [5, 5.41) is 10.8. The quantitative estimate of drug-likeness (QED) is 0.634. The van der Waals surface area contributed by atoms with Crippen LogP contribution in [0, 0.1) is 11.7 Å². The van der Waals surface area contributed by atoms with Crippen molar-refractivity contribution in [3.05, 3.63) is 40.4 Å². The van der Waals surface area contributed by atoms with Crippen LogP contribution in [0.3, 0.4) is 0 Å². The summed E-state index contributed by atoms with van der Waals surface area (Å²) in [5.41, 5.74) is 5.85. The molecule has 8 heteroatoms. The van der Waals surface area contributed by atoms with E-state index in [4.69, 9.17) is 22.7 Å². The van der Waals surface area contributed by atoms with Crippen molar-refractivity contribution in [2.45, 2.75) is 6.92 Å². The molecule has 7 nitrogen and oxygen atoms in total. The Bertz CT molecular complexity index is 687. The molecule has 2 rings (SSSR count). The van der Waals surface area contributed by atoms with Gasteiger partial charge < -0.3 is 10.5 Å². The molecule has 1 heterocycles. The third kappa shape index (κ3) is 3.51. The molecule has 0 fully saturated rings. The average molecular weight is 291 g/mol. The lowest BCUT2D eigenvalue weighted by atomic mass is 10.2. The highest BCUT2D eigenvalue weighted by Crippen LogP contribution is 2.11. The van der Waals surface area contributed by atoms with Gasteiger partial charge in [-0.25, -0.2) is 0 Å². The Labute approximate surface area is 120 Å². The van der Waals surface area contributed by atoms with Gasteiger partial charge in [-0.3, -0.25) is 9.89 Å². The topological polar surface area (TPSA) is 98.3 Å². The van der Waals surface area contributed by atoms with E-state index in [2.05, 4.69) is 15.3 Å². The highest BCUT2D eigenvalue weighted by Gasteiger charge is 1.99. The molecular weight excluding hydrogens is 278 g/mol. The lowest BCUT2D eigenvalue weighted by molar-refractivity contribution is -0.119. The Morgan fingerprint density at radius 2 is 2.25 bits per heavy atom. The summed E-state index contributed by atoms with van der Waals surface area (Å²) in [6, 6.07) is 7.06. The minimum absolute atomic E-state index is 0.142. The van der Waals surface area contributed by atoms with Crippen LogP contribution < -0.4 is 10.5 Å². The molecule has 0 saturated heterocycles. The molecule has 0 bridgehead atoms. The minimum atomic E-state index is -0.513. The van der Waals surface area contributed by atoms with Gasteiger partial charge in [-0.05, 0) is 49.0 Å². The maximum absolute atomic E-state index is 10.6. The summed E-state index contributed by atoms with van der Waals surface area (Å²) in [4.78, 5) is 10.6. The molecule has 0 spiro atoms. The molecular formula is C12H13N5O2S. The molecule has 0 aliphatic rings. The zero-order chi connectivity index (χ0) is 14.5. The first-order valence-corrected chi connectivity index (χ1v) is 6.16. The highest BCUT2D eigenvalue weighted by molar-refractivity contribution is 7.71. The molecule has 20 heavy (non-hydrogen) atoms. The second kappa shape index (κ2) is 6.11. The van der Waals surface area contributed by atoms with Crippen molar-refractivity contribution in [1.29, 1.82) is 0 Å². The summed E-state index contributed by atoms with van der Waals surface area (Å²) in [6.07, 6.45) is 1.65. The van der Waals surface area contributed by atoms with Gasteiger partial charge in [0, 0.05) is 0 Å². The lowest BCUT2D eigenvalue weighted by Crippen LogP contribution is -2.19. The number of aromatic nitrogens is 3. The number of benzene rings is 1. The van der Waals surface area contributed by atoms with Crippen LogP contribution in [-0.2, 0) is 4.79 Å². The molecule has 1 aromatic carbocycles. The van der Waals surface area contributed by atoms with E-state index in [9.17, 15) is 4.79 Å². The molecule has 0 saturated carbocycles. The molecule has 2 aromatic rings. The fourth-order valence-electron chi connectivity index (χ4n) is 1.44. The van der Waals surface area contributed by atoms with E-state index in [1.54, 1.807) is 37.4 Å². The minimum Gasteiger partial charge on any atom is -0.484 e. The Morgan fingerprint density at radius 1 is 1.55 bits per heavy atom. The standard InChI is InChI=1S/C12H13N5O2S/c1-8-15-16-12(20)17(8)14-6-9-2-4-10(5-3-9)19-7-11(13)18/h2-6H,7H2,1H3,(H2,13,18)(H,16,20)/b14-6-. The lowest BCUT2D eigenvalue weighted by Gasteiger charge is -2.03. The number of amides is 1. The van der Waals surface area contributed by atoms with E-state index in [0.717, 1.165) is 5.56 Å². The summed E-state index contributed by atoms with van der Waals surface area (Å²) >= 11 is 5.04. The van der Waals surface area contributed by atoms with Gasteiger partial charge in [0.2, 0.25) is 4.77 Å². The van der Waals surface area contributed by atoms with E-state index < -0.39 is 5.91 Å². The number of rotatable bonds is 5. The zero-order valence-corrected chi connectivity index (χ0v) is 11.6. The van der Waals surface area contributed by atoms with E-state index in [-0.39, 0.29) is 6.61 Å². The largest absolute Gasteiger partial charge is 0.484 e. The normalized spacial score (nSPS) is 10.8. The smallest absolute Gasteiger partial charge is 0.255 e. The number of carbonyl (C=O) groups is 1. The van der Waals surface area contributed by atoms with E-state index in [1.807, 2.05) is 0 Å². The highest BCUT2D eigenvalue weighted by atomic mass is 32.1. The molecule has 0 atom stereocenters. The molecule has 0 unspecified atom stereocenters. The van der Waals surface area contributed by atoms with Crippen molar-refractivity contribution < 1.29 is 9.53 Å². The number of H-pyrrole nitrogens is 1. The van der Waals surface area contributed by atoms with Crippen molar-refractivity contribution in [3.8, 4) is 5.75 Å². The number of nitrogens with two attached hydrogens (primary N) is 1. The third-order valence-electron chi connectivity index (χ3n) is 2.40. The molecule has 0 aliphatic carbocycles. The molecule has 3 N–H and O–H groups in total. The Hall–Kier alpha value is -2.48. The van der Waals surface area contributed by atoms with Gasteiger partial charge in [-0.2, -0.15) is 14.9 Å². The maximum atomic E-state index is 10.6. The molecule has 104 valence electrons. The summed E-state index contributed by atoms with van der Waals surface area (Å²) < 4.78 is 7.11. The van der Waals surface area contributed by atoms with E-state index in [0.29, 0.717) is 16.3 Å². The van der Waals surface area contributed by atoms with E-state index >= 15 is 0 Å². The first-order chi connectivity index (χ1) is 9.56. The van der Waals surface area contributed by atoms with Crippen LogP contribution in [0.25, 0.3) is 0 Å². The van der Waals surface area contributed by atoms with Crippen molar-refractivity contribution >= 4 is 24.3 Å². The number of ether oxygens (including phenoxy) is 1. The van der Waals surface area contributed by atoms with Gasteiger partial charge in [0.1, 0.15) is 11.6 Å². The SMILES string of the molecule is Cc1n[nH]c(=S)n1/N=C\c1ccc(OCC(N)=O)cc1. The molecule has 1 amide bonds. The number of carbonyl (C=O) groups excluding carboxylic acids is 1. The van der Waals surface area contributed by atoms with Crippen LogP contribution in [0.1, 0.15) is 11.4 Å². The van der Waals surface area contributed by atoms with Crippen molar-refractivity contribution in [1.82, 2.24) is 14.9 Å². The van der Waals surface area contributed by atoms with E-state index in [1.165, 1.54) is 4.68 Å². The number of nitrogens with one attached hydrogen (secondary N) is 1. The average Bonchev–Trinajstić information content (AvgIpc) is 2.75.